The standard InChI is InChI=1S/C14H27NO4Si/c1-8(12(17)18)10-9(11(16)15-10)14(5,13(2,3)4)19-20(6)7/h8-10,20H,1-7H3,(H,15,16)(H,17,18)/t8-,9-,10+,14-/m1/s1. The van der Waals surface area contributed by atoms with Gasteiger partial charge in [0.15, 0.2) is 9.04 Å². The Bertz CT molecular complexity index is 404. The molecule has 2 N–H and O–H groups in total. The molecule has 0 aromatic rings. The van der Waals surface area contributed by atoms with Crippen LogP contribution in [0.2, 0.25) is 13.1 Å². The third-order valence-electron chi connectivity index (χ3n) is 4.44. The summed E-state index contributed by atoms with van der Waals surface area (Å²) in [6.07, 6.45) is 0. The summed E-state index contributed by atoms with van der Waals surface area (Å²) in [6.45, 7) is 13.8. The Labute approximate surface area is 122 Å². The molecule has 0 bridgehead atoms. The molecule has 1 saturated heterocycles. The Morgan fingerprint density at radius 3 is 2.15 bits per heavy atom. The molecular formula is C14H27NO4Si. The molecule has 0 aliphatic carbocycles. The molecule has 1 aliphatic heterocycles. The Hall–Kier alpha value is -0.883. The number of carboxylic acids is 1. The first-order valence-corrected chi connectivity index (χ1v) is 9.91. The lowest BCUT2D eigenvalue weighted by Crippen LogP contribution is -2.72. The lowest BCUT2D eigenvalue weighted by Gasteiger charge is -2.55. The van der Waals surface area contributed by atoms with Crippen LogP contribution in [0.1, 0.15) is 34.6 Å². The molecule has 1 heterocycles. The van der Waals surface area contributed by atoms with Gasteiger partial charge in [-0.1, -0.05) is 20.8 Å². The number of carbonyl (C=O) groups is 2. The first-order chi connectivity index (χ1) is 8.91. The summed E-state index contributed by atoms with van der Waals surface area (Å²) in [4.78, 5) is 23.3. The molecule has 1 rings (SSSR count). The van der Waals surface area contributed by atoms with Crippen molar-refractivity contribution in [2.45, 2.75) is 59.4 Å². The summed E-state index contributed by atoms with van der Waals surface area (Å²) < 4.78 is 6.22. The zero-order valence-corrected chi connectivity index (χ0v) is 14.6. The second-order valence-electron chi connectivity index (χ2n) is 7.16. The topological polar surface area (TPSA) is 75.6 Å². The minimum Gasteiger partial charge on any atom is -0.481 e. The largest absolute Gasteiger partial charge is 0.481 e. The van der Waals surface area contributed by atoms with Crippen molar-refractivity contribution in [1.82, 2.24) is 5.32 Å². The van der Waals surface area contributed by atoms with Crippen LogP contribution < -0.4 is 5.32 Å². The predicted octanol–water partition coefficient (Wildman–Crippen LogP) is 1.63. The van der Waals surface area contributed by atoms with Gasteiger partial charge in [0.25, 0.3) is 0 Å². The Morgan fingerprint density at radius 2 is 1.85 bits per heavy atom. The number of carboxylic acid groups (broad SMARTS) is 1. The minimum absolute atomic E-state index is 0.102. The SMILES string of the molecule is C[C@@H](C(=O)O)[C@@H]1NC(=O)[C@@H]1[C@@](C)(O[SiH](C)C)C(C)(C)C. The van der Waals surface area contributed by atoms with E-state index in [9.17, 15) is 14.7 Å². The van der Waals surface area contributed by atoms with Gasteiger partial charge in [-0.2, -0.15) is 0 Å². The van der Waals surface area contributed by atoms with Crippen molar-refractivity contribution in [3.63, 3.8) is 0 Å². The van der Waals surface area contributed by atoms with Gasteiger partial charge in [0.2, 0.25) is 5.91 Å². The van der Waals surface area contributed by atoms with Crippen LogP contribution in [0, 0.1) is 17.3 Å². The van der Waals surface area contributed by atoms with E-state index >= 15 is 0 Å². The van der Waals surface area contributed by atoms with Crippen molar-refractivity contribution in [2.75, 3.05) is 0 Å². The quantitative estimate of drug-likeness (QED) is 0.598. The number of carbonyl (C=O) groups excluding carboxylic acids is 1. The van der Waals surface area contributed by atoms with Gasteiger partial charge in [0.05, 0.1) is 23.5 Å². The average Bonchev–Trinajstić information content (AvgIpc) is 2.21. The van der Waals surface area contributed by atoms with E-state index in [1.807, 2.05) is 27.7 Å². The van der Waals surface area contributed by atoms with Gasteiger partial charge in [-0.3, -0.25) is 9.59 Å². The molecule has 1 fully saturated rings. The summed E-state index contributed by atoms with van der Waals surface area (Å²) >= 11 is 0. The second kappa shape index (κ2) is 5.48. The first kappa shape index (κ1) is 17.2. The number of nitrogens with one attached hydrogen (secondary N) is 1. The van der Waals surface area contributed by atoms with E-state index < -0.39 is 32.4 Å². The van der Waals surface area contributed by atoms with Crippen LogP contribution in [0.25, 0.3) is 0 Å². The molecule has 0 spiro atoms. The summed E-state index contributed by atoms with van der Waals surface area (Å²) in [6, 6.07) is -0.364. The van der Waals surface area contributed by atoms with E-state index in [-0.39, 0.29) is 17.4 Å². The highest BCUT2D eigenvalue weighted by Crippen LogP contribution is 2.45. The number of aliphatic carboxylic acids is 1. The van der Waals surface area contributed by atoms with Gasteiger partial charge in [-0.25, -0.2) is 0 Å². The highest BCUT2D eigenvalue weighted by atomic mass is 28.3. The molecule has 1 aliphatic rings. The van der Waals surface area contributed by atoms with Crippen LogP contribution in [0.5, 0.6) is 0 Å². The predicted molar refractivity (Wildman–Crippen MR) is 80.0 cm³/mol. The van der Waals surface area contributed by atoms with Gasteiger partial charge < -0.3 is 14.8 Å². The molecule has 5 nitrogen and oxygen atoms in total. The number of rotatable bonds is 5. The number of amides is 1. The zero-order chi connectivity index (χ0) is 15.9. The van der Waals surface area contributed by atoms with Crippen molar-refractivity contribution < 1.29 is 19.1 Å². The van der Waals surface area contributed by atoms with Gasteiger partial charge >= 0.3 is 5.97 Å². The molecule has 0 radical (unpaired) electrons. The first-order valence-electron chi connectivity index (χ1n) is 7.13. The normalized spacial score (nSPS) is 27.5. The van der Waals surface area contributed by atoms with Crippen LogP contribution in [0.4, 0.5) is 0 Å². The fraction of sp³-hybridized carbons (Fsp3) is 0.857. The fourth-order valence-corrected chi connectivity index (χ4v) is 4.25. The third kappa shape index (κ3) is 2.91. The van der Waals surface area contributed by atoms with E-state index in [0.29, 0.717) is 0 Å². The molecule has 0 aromatic heterocycles. The van der Waals surface area contributed by atoms with Gasteiger partial charge in [-0.05, 0) is 32.4 Å². The van der Waals surface area contributed by atoms with Crippen LogP contribution in [0.3, 0.4) is 0 Å². The van der Waals surface area contributed by atoms with Crippen molar-refractivity contribution >= 4 is 20.9 Å². The summed E-state index contributed by atoms with van der Waals surface area (Å²) in [7, 11) is -1.37. The molecule has 6 heteroatoms. The van der Waals surface area contributed by atoms with Gasteiger partial charge in [0.1, 0.15) is 0 Å². The van der Waals surface area contributed by atoms with E-state index in [0.717, 1.165) is 0 Å². The molecule has 20 heavy (non-hydrogen) atoms. The molecule has 116 valence electrons. The smallest absolute Gasteiger partial charge is 0.308 e. The third-order valence-corrected chi connectivity index (χ3v) is 5.40. The number of β-lactam (4-membered cyclic amide) rings is 1. The Balaban J connectivity index is 3.13. The van der Waals surface area contributed by atoms with Crippen molar-refractivity contribution in [2.24, 2.45) is 17.3 Å². The molecule has 0 unspecified atom stereocenters. The molecular weight excluding hydrogens is 274 g/mol. The molecule has 1 amide bonds. The van der Waals surface area contributed by atoms with Gasteiger partial charge in [-0.15, -0.1) is 0 Å². The Morgan fingerprint density at radius 1 is 1.35 bits per heavy atom. The Kier molecular flexibility index (Phi) is 4.71. The summed E-state index contributed by atoms with van der Waals surface area (Å²) in [5.41, 5.74) is -0.896. The lowest BCUT2D eigenvalue weighted by molar-refractivity contribution is -0.166. The van der Waals surface area contributed by atoms with Crippen LogP contribution in [0.15, 0.2) is 0 Å². The van der Waals surface area contributed by atoms with Crippen molar-refractivity contribution in [1.29, 1.82) is 0 Å². The van der Waals surface area contributed by atoms with Crippen LogP contribution >= 0.6 is 0 Å². The average molecular weight is 301 g/mol. The maximum atomic E-state index is 12.1. The number of hydrogen-bond donors (Lipinski definition) is 2. The zero-order valence-electron chi connectivity index (χ0n) is 13.5. The van der Waals surface area contributed by atoms with Crippen LogP contribution in [-0.2, 0) is 14.0 Å². The maximum absolute atomic E-state index is 12.1. The van der Waals surface area contributed by atoms with E-state index in [4.69, 9.17) is 4.43 Å². The second-order valence-corrected chi connectivity index (χ2v) is 9.50. The molecule has 0 saturated carbocycles. The monoisotopic (exact) mass is 301 g/mol. The summed E-state index contributed by atoms with van der Waals surface area (Å²) in [5, 5.41) is 11.9. The summed E-state index contributed by atoms with van der Waals surface area (Å²) in [5.74, 6) is -2.02. The van der Waals surface area contributed by atoms with Crippen molar-refractivity contribution in [3.8, 4) is 0 Å². The highest BCUT2D eigenvalue weighted by Gasteiger charge is 2.59. The van der Waals surface area contributed by atoms with E-state index in [1.165, 1.54) is 0 Å². The van der Waals surface area contributed by atoms with Crippen LogP contribution in [-0.4, -0.2) is 37.7 Å². The lowest BCUT2D eigenvalue weighted by atomic mass is 9.62. The van der Waals surface area contributed by atoms with E-state index in [1.54, 1.807) is 6.92 Å². The van der Waals surface area contributed by atoms with Crippen molar-refractivity contribution in [3.05, 3.63) is 0 Å². The molecule has 4 atom stereocenters. The highest BCUT2D eigenvalue weighted by molar-refractivity contribution is 6.48. The van der Waals surface area contributed by atoms with E-state index in [2.05, 4.69) is 18.4 Å². The van der Waals surface area contributed by atoms with Gasteiger partial charge in [0, 0.05) is 0 Å². The number of hydrogen-bond acceptors (Lipinski definition) is 3. The fourth-order valence-electron chi connectivity index (χ4n) is 2.77. The maximum Gasteiger partial charge on any atom is 0.308 e. The molecule has 0 aromatic carbocycles. The minimum atomic E-state index is -1.37.